The summed E-state index contributed by atoms with van der Waals surface area (Å²) in [5.74, 6) is -1.72. The lowest BCUT2D eigenvalue weighted by Crippen LogP contribution is -2.77. The molecule has 6 heteroatoms. The highest BCUT2D eigenvalue weighted by Crippen LogP contribution is 2.65. The minimum Gasteiger partial charge on any atom is -0.457 e. The summed E-state index contributed by atoms with van der Waals surface area (Å²) in [5.41, 5.74) is -3.44. The van der Waals surface area contributed by atoms with Gasteiger partial charge in [-0.3, -0.25) is 9.59 Å². The molecule has 1 saturated heterocycles. The van der Waals surface area contributed by atoms with E-state index in [4.69, 9.17) is 9.47 Å². The number of hydrogen-bond donors (Lipinski definition) is 2. The van der Waals surface area contributed by atoms with E-state index in [1.807, 2.05) is 20.8 Å². The Morgan fingerprint density at radius 3 is 2.39 bits per heavy atom. The summed E-state index contributed by atoms with van der Waals surface area (Å²) in [5, 5.41) is 22.6. The number of ketones is 1. The summed E-state index contributed by atoms with van der Waals surface area (Å²) in [6.45, 7) is 14.6. The van der Waals surface area contributed by atoms with Crippen molar-refractivity contribution < 1.29 is 29.3 Å². The van der Waals surface area contributed by atoms with Gasteiger partial charge in [-0.1, -0.05) is 26.8 Å². The summed E-state index contributed by atoms with van der Waals surface area (Å²) in [7, 11) is 0. The van der Waals surface area contributed by atoms with Gasteiger partial charge in [-0.15, -0.1) is 6.58 Å². The van der Waals surface area contributed by atoms with Crippen LogP contribution in [0.5, 0.6) is 0 Å². The molecule has 1 aliphatic heterocycles. The Labute approximate surface area is 167 Å². The van der Waals surface area contributed by atoms with E-state index < -0.39 is 52.7 Å². The standard InChI is InChI=1S/C22H34O6/c1-8-20(5)11-13(24)16-21(6)14(25)9-10-19(3,4)17(21)15(26)18(27-12(2)23)22(16,7)28-20/h8,14-18,25-26H,1,9-11H2,2-7H3/t14-,15-,16?,17-,18-,20-,21+,22-/m0/s1. The predicted octanol–water partition coefficient (Wildman–Crippen LogP) is 2.41. The molecule has 2 N–H and O–H groups in total. The van der Waals surface area contributed by atoms with Gasteiger partial charge in [0, 0.05) is 24.7 Å². The maximum absolute atomic E-state index is 13.5. The van der Waals surface area contributed by atoms with E-state index in [1.54, 1.807) is 19.9 Å². The summed E-state index contributed by atoms with van der Waals surface area (Å²) in [6.07, 6.45) is 0.128. The molecule has 0 aromatic rings. The number of ether oxygens (including phenoxy) is 2. The first-order valence-electron chi connectivity index (χ1n) is 10.1. The van der Waals surface area contributed by atoms with E-state index in [0.29, 0.717) is 12.8 Å². The van der Waals surface area contributed by atoms with Crippen LogP contribution in [-0.4, -0.2) is 51.5 Å². The fourth-order valence-corrected chi connectivity index (χ4v) is 6.77. The van der Waals surface area contributed by atoms with Crippen LogP contribution in [0.4, 0.5) is 0 Å². The molecule has 0 bridgehead atoms. The van der Waals surface area contributed by atoms with Crippen LogP contribution < -0.4 is 0 Å². The van der Waals surface area contributed by atoms with Crippen molar-refractivity contribution in [3.05, 3.63) is 12.7 Å². The van der Waals surface area contributed by atoms with Crippen LogP contribution in [-0.2, 0) is 19.1 Å². The molecule has 3 aliphatic rings. The first kappa shape index (κ1) is 21.5. The first-order chi connectivity index (χ1) is 12.7. The zero-order chi connectivity index (χ0) is 21.3. The van der Waals surface area contributed by atoms with Crippen molar-refractivity contribution in [2.75, 3.05) is 0 Å². The van der Waals surface area contributed by atoms with Crippen LogP contribution in [0.3, 0.4) is 0 Å². The van der Waals surface area contributed by atoms with Gasteiger partial charge in [0.15, 0.2) is 6.10 Å². The normalized spacial score (nSPS) is 50.3. The van der Waals surface area contributed by atoms with Gasteiger partial charge in [0.1, 0.15) is 11.4 Å². The fourth-order valence-electron chi connectivity index (χ4n) is 6.77. The topological polar surface area (TPSA) is 93.1 Å². The lowest BCUT2D eigenvalue weighted by Gasteiger charge is -2.68. The van der Waals surface area contributed by atoms with Crippen LogP contribution in [0.25, 0.3) is 0 Å². The lowest BCUT2D eigenvalue weighted by molar-refractivity contribution is -0.321. The third-order valence-corrected chi connectivity index (χ3v) is 7.73. The van der Waals surface area contributed by atoms with E-state index >= 15 is 0 Å². The van der Waals surface area contributed by atoms with Gasteiger partial charge in [-0.2, -0.15) is 0 Å². The summed E-state index contributed by atoms with van der Waals surface area (Å²) in [4.78, 5) is 25.4. The van der Waals surface area contributed by atoms with Crippen LogP contribution >= 0.6 is 0 Å². The average molecular weight is 395 g/mol. The van der Waals surface area contributed by atoms with E-state index in [1.165, 1.54) is 6.92 Å². The second-order valence-electron chi connectivity index (χ2n) is 10.3. The van der Waals surface area contributed by atoms with Crippen molar-refractivity contribution in [1.29, 1.82) is 0 Å². The maximum atomic E-state index is 13.5. The largest absolute Gasteiger partial charge is 0.457 e. The van der Waals surface area contributed by atoms with Crippen molar-refractivity contribution in [1.82, 2.24) is 0 Å². The zero-order valence-electron chi connectivity index (χ0n) is 17.8. The fraction of sp³-hybridized carbons (Fsp3) is 0.818. The Balaban J connectivity index is 2.24. The molecule has 0 spiro atoms. The Hall–Kier alpha value is -1.24. The van der Waals surface area contributed by atoms with Crippen LogP contribution in [0.1, 0.15) is 60.8 Å². The van der Waals surface area contributed by atoms with E-state index in [2.05, 4.69) is 6.58 Å². The van der Waals surface area contributed by atoms with Gasteiger partial charge < -0.3 is 19.7 Å². The van der Waals surface area contributed by atoms with Gasteiger partial charge in [0.25, 0.3) is 0 Å². The summed E-state index contributed by atoms with van der Waals surface area (Å²) < 4.78 is 12.0. The minimum atomic E-state index is -1.27. The molecule has 2 aliphatic carbocycles. The Morgan fingerprint density at radius 2 is 1.86 bits per heavy atom. The third-order valence-electron chi connectivity index (χ3n) is 7.73. The number of esters is 1. The van der Waals surface area contributed by atoms with Gasteiger partial charge >= 0.3 is 5.97 Å². The zero-order valence-corrected chi connectivity index (χ0v) is 17.8. The summed E-state index contributed by atoms with van der Waals surface area (Å²) >= 11 is 0. The number of aliphatic hydroxyl groups is 2. The molecule has 1 unspecified atom stereocenters. The number of aliphatic hydroxyl groups excluding tert-OH is 2. The minimum absolute atomic E-state index is 0.0514. The van der Waals surface area contributed by atoms with Crippen LogP contribution in [0.15, 0.2) is 12.7 Å². The molecular weight excluding hydrogens is 360 g/mol. The number of hydrogen-bond acceptors (Lipinski definition) is 6. The smallest absolute Gasteiger partial charge is 0.303 e. The van der Waals surface area contributed by atoms with Gasteiger partial charge in [0.05, 0.1) is 23.7 Å². The SMILES string of the molecule is C=C[C@@]1(C)CC(=O)C2[C@@]3(C)[C@@H](O)CCC(C)(C)[C@@H]3[C@H](O)[C@H](OC(C)=O)[C@@]2(C)O1. The summed E-state index contributed by atoms with van der Waals surface area (Å²) in [6, 6.07) is 0. The second kappa shape index (κ2) is 6.38. The molecule has 2 saturated carbocycles. The molecule has 0 amide bonds. The highest BCUT2D eigenvalue weighted by molar-refractivity contribution is 5.86. The van der Waals surface area contributed by atoms with E-state index in [-0.39, 0.29) is 17.6 Å². The molecule has 8 atom stereocenters. The number of fused-ring (bicyclic) bond motifs is 3. The van der Waals surface area contributed by atoms with Crippen LogP contribution in [0, 0.1) is 22.7 Å². The monoisotopic (exact) mass is 394 g/mol. The Morgan fingerprint density at radius 1 is 1.25 bits per heavy atom. The van der Waals surface area contributed by atoms with Crippen molar-refractivity contribution in [2.45, 2.75) is 90.3 Å². The molecular formula is C22H34O6. The van der Waals surface area contributed by atoms with Crippen molar-refractivity contribution in [2.24, 2.45) is 22.7 Å². The number of rotatable bonds is 2. The molecule has 0 aromatic heterocycles. The van der Waals surface area contributed by atoms with Crippen molar-refractivity contribution >= 4 is 11.8 Å². The second-order valence-corrected chi connectivity index (χ2v) is 10.3. The average Bonchev–Trinajstić information content (AvgIpc) is 2.54. The van der Waals surface area contributed by atoms with Gasteiger partial charge in [0.2, 0.25) is 0 Å². The van der Waals surface area contributed by atoms with Gasteiger partial charge in [-0.25, -0.2) is 0 Å². The lowest BCUT2D eigenvalue weighted by atomic mass is 9.41. The highest BCUT2D eigenvalue weighted by Gasteiger charge is 2.73. The Kier molecular flexibility index (Phi) is 4.89. The van der Waals surface area contributed by atoms with Crippen molar-refractivity contribution in [3.63, 3.8) is 0 Å². The first-order valence-corrected chi connectivity index (χ1v) is 10.1. The Bertz CT molecular complexity index is 701. The predicted molar refractivity (Wildman–Crippen MR) is 103 cm³/mol. The maximum Gasteiger partial charge on any atom is 0.303 e. The van der Waals surface area contributed by atoms with Gasteiger partial charge in [-0.05, 0) is 32.1 Å². The highest BCUT2D eigenvalue weighted by atomic mass is 16.6. The molecule has 158 valence electrons. The molecule has 3 rings (SSSR count). The van der Waals surface area contributed by atoms with Crippen LogP contribution in [0.2, 0.25) is 0 Å². The van der Waals surface area contributed by atoms with Crippen molar-refractivity contribution in [3.8, 4) is 0 Å². The molecule has 1 heterocycles. The number of carbonyl (C=O) groups excluding carboxylic acids is 2. The number of carbonyl (C=O) groups is 2. The molecule has 28 heavy (non-hydrogen) atoms. The third kappa shape index (κ3) is 2.79. The quantitative estimate of drug-likeness (QED) is 0.552. The van der Waals surface area contributed by atoms with E-state index in [0.717, 1.165) is 0 Å². The van der Waals surface area contributed by atoms with E-state index in [9.17, 15) is 19.8 Å². The molecule has 6 nitrogen and oxygen atoms in total. The molecule has 0 radical (unpaired) electrons. The molecule has 0 aromatic carbocycles. The molecule has 3 fully saturated rings. The number of Topliss-reactive ketones (excluding diaryl/α,β-unsaturated/α-hetero) is 1.